The maximum atomic E-state index is 13.9. The molecule has 0 unspecified atom stereocenters. The smallest absolute Gasteiger partial charge is 0.325 e. The monoisotopic (exact) mass is 835 g/mol. The molecule has 11 nitrogen and oxygen atoms in total. The highest BCUT2D eigenvalue weighted by Crippen LogP contribution is 2.37. The number of nitrogens with zero attached hydrogens (tertiary/aromatic N) is 3. The van der Waals surface area contributed by atoms with E-state index in [-0.39, 0.29) is 60.4 Å². The molecule has 7 rings (SSSR count). The number of allylic oxidation sites excluding steroid dienone is 4. The second kappa shape index (κ2) is 18.6. The summed E-state index contributed by atoms with van der Waals surface area (Å²) in [6.45, 7) is 10.6. The van der Waals surface area contributed by atoms with Crippen LogP contribution in [0.25, 0.3) is 22.3 Å². The molecule has 3 aliphatic heterocycles. The van der Waals surface area contributed by atoms with Crippen LogP contribution >= 0.6 is 11.3 Å². The summed E-state index contributed by atoms with van der Waals surface area (Å²) in [7, 11) is 0. The number of ether oxygens (including phenoxy) is 4. The number of aromatic nitrogens is 1. The predicted octanol–water partition coefficient (Wildman–Crippen LogP) is 6.80. The number of rotatable bonds is 12. The van der Waals surface area contributed by atoms with E-state index in [9.17, 15) is 19.2 Å². The number of carbonyl (C=O) groups is 4. The molecule has 310 valence electrons. The highest BCUT2D eigenvalue weighted by molar-refractivity contribution is 7.08. The van der Waals surface area contributed by atoms with Crippen LogP contribution in [0.15, 0.2) is 125 Å². The first kappa shape index (κ1) is 42.3. The van der Waals surface area contributed by atoms with Crippen molar-refractivity contribution >= 4 is 68.9 Å². The zero-order chi connectivity index (χ0) is 43.2. The summed E-state index contributed by atoms with van der Waals surface area (Å²) in [6, 6.07) is 25.4. The first-order valence-electron chi connectivity index (χ1n) is 20.2. The number of fused-ring (bicyclic) bond motifs is 6. The number of hydrogen-bond donors (Lipinski definition) is 0. The lowest BCUT2D eigenvalue weighted by Gasteiger charge is -2.21. The summed E-state index contributed by atoms with van der Waals surface area (Å²) in [5, 5.41) is 0. The van der Waals surface area contributed by atoms with Crippen LogP contribution in [0.1, 0.15) is 61.3 Å². The van der Waals surface area contributed by atoms with Crippen molar-refractivity contribution in [2.75, 3.05) is 26.4 Å². The van der Waals surface area contributed by atoms with Gasteiger partial charge in [-0.3, -0.25) is 19.2 Å². The summed E-state index contributed by atoms with van der Waals surface area (Å²) < 4.78 is 23.8. The average Bonchev–Trinajstić information content (AvgIpc) is 4.04. The van der Waals surface area contributed by atoms with Crippen molar-refractivity contribution in [1.29, 1.82) is 0 Å². The van der Waals surface area contributed by atoms with Gasteiger partial charge in [0, 0.05) is 31.4 Å². The first-order valence-corrected chi connectivity index (χ1v) is 21.0. The summed E-state index contributed by atoms with van der Waals surface area (Å²) in [6.07, 6.45) is 7.18. The largest absolute Gasteiger partial charge is 0.465 e. The van der Waals surface area contributed by atoms with Gasteiger partial charge in [-0.05, 0) is 101 Å². The van der Waals surface area contributed by atoms with Gasteiger partial charge in [-0.25, -0.2) is 15.0 Å². The van der Waals surface area contributed by atoms with E-state index in [0.29, 0.717) is 11.4 Å². The quantitative estimate of drug-likeness (QED) is 0.0856. The Labute approximate surface area is 357 Å². The summed E-state index contributed by atoms with van der Waals surface area (Å²) in [4.78, 5) is 71.1. The molecule has 3 aliphatic rings. The van der Waals surface area contributed by atoms with Crippen LogP contribution < -0.4 is 9.06 Å². The molecule has 12 heteroatoms. The summed E-state index contributed by atoms with van der Waals surface area (Å²) >= 11 is 1.56. The lowest BCUT2D eigenvalue weighted by atomic mass is 9.91. The Balaban J connectivity index is 1.66. The Morgan fingerprint density at radius 1 is 0.508 bits per heavy atom. The van der Waals surface area contributed by atoms with Crippen molar-refractivity contribution in [3.8, 4) is 0 Å². The van der Waals surface area contributed by atoms with Gasteiger partial charge in [0.05, 0.1) is 60.6 Å². The van der Waals surface area contributed by atoms with Crippen molar-refractivity contribution in [3.05, 3.63) is 157 Å². The number of aliphatic imine (C=N–C) groups is 2. The molecule has 2 aromatic heterocycles. The molecule has 0 saturated heterocycles. The van der Waals surface area contributed by atoms with Crippen LogP contribution in [-0.4, -0.2) is 66.7 Å². The minimum atomic E-state index is -1.61. The Morgan fingerprint density at radius 3 is 1.21 bits per heavy atom. The van der Waals surface area contributed by atoms with E-state index in [4.69, 9.17) is 33.9 Å². The molecule has 5 heterocycles. The van der Waals surface area contributed by atoms with Gasteiger partial charge in [-0.2, -0.15) is 0 Å². The Kier molecular flexibility index (Phi) is 12.9. The second-order valence-corrected chi connectivity index (χ2v) is 15.3. The molecule has 0 amide bonds. The summed E-state index contributed by atoms with van der Waals surface area (Å²) in [5.41, 5.74) is 7.91. The molecule has 0 aliphatic carbocycles. The van der Waals surface area contributed by atoms with Gasteiger partial charge in [0.25, 0.3) is 0 Å². The van der Waals surface area contributed by atoms with Crippen LogP contribution in [0.2, 0.25) is 0 Å². The third-order valence-electron chi connectivity index (χ3n) is 10.1. The molecule has 4 aromatic rings. The van der Waals surface area contributed by atoms with E-state index >= 15 is 0 Å². The highest BCUT2D eigenvalue weighted by Gasteiger charge is 2.40. The van der Waals surface area contributed by atoms with Gasteiger partial charge >= 0.3 is 23.9 Å². The molecular weight excluding hydrogens is 791 g/mol. The Bertz CT molecular complexity index is 2520. The fourth-order valence-corrected chi connectivity index (χ4v) is 8.50. The molecule has 2 aromatic carbocycles. The van der Waals surface area contributed by atoms with Crippen molar-refractivity contribution in [2.24, 2.45) is 21.8 Å². The van der Waals surface area contributed by atoms with Gasteiger partial charge in [0.15, 0.2) is 11.8 Å². The zero-order valence-electron chi connectivity index (χ0n) is 34.8. The molecule has 0 atom stereocenters. The van der Waals surface area contributed by atoms with Crippen molar-refractivity contribution < 1.29 is 38.1 Å². The highest BCUT2D eigenvalue weighted by atomic mass is 32.1. The maximum Gasteiger partial charge on any atom is 0.325 e. The molecular formula is C49H45N3O8S. The fraction of sp³-hybridized carbons (Fsp3) is 0.245. The predicted molar refractivity (Wildman–Crippen MR) is 236 cm³/mol. The van der Waals surface area contributed by atoms with E-state index in [1.807, 2.05) is 86.7 Å². The Morgan fingerprint density at radius 2 is 0.869 bits per heavy atom. The minimum absolute atomic E-state index is 0.00743. The van der Waals surface area contributed by atoms with Gasteiger partial charge in [0.1, 0.15) is 0 Å². The number of pyridine rings is 1. The number of aryl methyl sites for hydroxylation is 2. The molecule has 0 N–H and O–H groups in total. The number of hydrogen-bond acceptors (Lipinski definition) is 12. The van der Waals surface area contributed by atoms with Gasteiger partial charge < -0.3 is 18.9 Å². The number of thiophene rings is 1. The second-order valence-electron chi connectivity index (χ2n) is 14.2. The van der Waals surface area contributed by atoms with Crippen LogP contribution in [0, 0.1) is 25.7 Å². The van der Waals surface area contributed by atoms with Crippen LogP contribution in [-0.2, 0) is 38.1 Å². The standard InChI is InChI=1S/C49H45N3O8S/c1-7-57-46(53)44(47(54)58-8-2)42-32-12-11-13-33(50-32)43(45(48(55)59-9-3)49(56)60-10-4)37-25-23-35(52-37)41(31-20-16-29(6)17-21-31)39-27-26-38(61-39)40(34-22-24-36(42)51-34)30-18-14-28(5)15-19-30/h11-27,44-45H,7-10H2,1-6H3. The topological polar surface area (TPSA) is 143 Å². The first-order chi connectivity index (χ1) is 29.6. The maximum absolute atomic E-state index is 13.9. The van der Waals surface area contributed by atoms with Crippen LogP contribution in [0.5, 0.6) is 0 Å². The summed E-state index contributed by atoms with van der Waals surface area (Å²) in [5.74, 6) is -6.62. The molecule has 8 bridgehead atoms. The molecule has 0 fully saturated rings. The van der Waals surface area contributed by atoms with Crippen LogP contribution in [0.4, 0.5) is 0 Å². The van der Waals surface area contributed by atoms with Crippen molar-refractivity contribution in [2.45, 2.75) is 41.5 Å². The van der Waals surface area contributed by atoms with E-state index in [1.165, 1.54) is 0 Å². The molecule has 61 heavy (non-hydrogen) atoms. The molecule has 0 spiro atoms. The van der Waals surface area contributed by atoms with E-state index < -0.39 is 35.7 Å². The SMILES string of the molecule is CCOC(=O)C(C(=O)OCC)C1=C2C=CC(=N2)C(c2ccc(C)cc2)=c2ccc(s2)=C(c2ccc(C)cc2)C2=NC(=C(C(C(=O)OCC)C(=O)OCC)c3cccc1n3)C=C2. The van der Waals surface area contributed by atoms with E-state index in [0.717, 1.165) is 42.5 Å². The van der Waals surface area contributed by atoms with E-state index in [1.54, 1.807) is 69.4 Å². The number of carbonyl (C=O) groups excluding carboxylic acids is 4. The number of benzene rings is 2. The average molecular weight is 836 g/mol. The van der Waals surface area contributed by atoms with Crippen LogP contribution in [0.3, 0.4) is 0 Å². The van der Waals surface area contributed by atoms with Gasteiger partial charge in [-0.1, -0.05) is 65.7 Å². The minimum Gasteiger partial charge on any atom is -0.465 e. The molecule has 0 saturated carbocycles. The van der Waals surface area contributed by atoms with Gasteiger partial charge in [-0.15, -0.1) is 11.3 Å². The fourth-order valence-electron chi connectivity index (χ4n) is 7.34. The lowest BCUT2D eigenvalue weighted by molar-refractivity contribution is -0.160. The third kappa shape index (κ3) is 8.76. The lowest BCUT2D eigenvalue weighted by Crippen LogP contribution is -2.31. The Hall–Kier alpha value is -6.79. The molecule has 0 radical (unpaired) electrons. The number of esters is 4. The van der Waals surface area contributed by atoms with E-state index in [2.05, 4.69) is 0 Å². The zero-order valence-corrected chi connectivity index (χ0v) is 35.6. The van der Waals surface area contributed by atoms with Gasteiger partial charge in [0.2, 0.25) is 0 Å². The van der Waals surface area contributed by atoms with Crippen molar-refractivity contribution in [1.82, 2.24) is 4.98 Å². The normalized spacial score (nSPS) is 14.4. The third-order valence-corrected chi connectivity index (χ3v) is 11.2. The van der Waals surface area contributed by atoms with Crippen molar-refractivity contribution in [3.63, 3.8) is 0 Å².